The lowest BCUT2D eigenvalue weighted by molar-refractivity contribution is -0.122. The van der Waals surface area contributed by atoms with E-state index in [0.717, 1.165) is 31.5 Å². The third-order valence-corrected chi connectivity index (χ3v) is 6.92. The lowest BCUT2D eigenvalue weighted by Crippen LogP contribution is -2.57. The van der Waals surface area contributed by atoms with Gasteiger partial charge in [0.1, 0.15) is 0 Å². The van der Waals surface area contributed by atoms with Gasteiger partial charge in [-0.05, 0) is 42.5 Å². The number of hydrogen-bond donors (Lipinski definition) is 2. The summed E-state index contributed by atoms with van der Waals surface area (Å²) in [6.45, 7) is 1.93. The van der Waals surface area contributed by atoms with E-state index in [4.69, 9.17) is 0 Å². The van der Waals surface area contributed by atoms with Crippen LogP contribution in [0.3, 0.4) is 0 Å². The van der Waals surface area contributed by atoms with Crippen LogP contribution in [0.15, 0.2) is 60.8 Å². The average Bonchev–Trinajstić information content (AvgIpc) is 3.21. The Bertz CT molecular complexity index is 918. The van der Waals surface area contributed by atoms with E-state index in [1.807, 2.05) is 12.3 Å². The zero-order valence-corrected chi connectivity index (χ0v) is 15.8. The van der Waals surface area contributed by atoms with Gasteiger partial charge < -0.3 is 10.1 Å². The molecule has 140 valence electrons. The van der Waals surface area contributed by atoms with Crippen LogP contribution in [-0.4, -0.2) is 27.6 Å². The maximum atomic E-state index is 11.7. The van der Waals surface area contributed by atoms with Crippen molar-refractivity contribution in [2.24, 2.45) is 5.92 Å². The van der Waals surface area contributed by atoms with Gasteiger partial charge >= 0.3 is 0 Å². The Balaban J connectivity index is 1.46. The summed E-state index contributed by atoms with van der Waals surface area (Å²) in [7, 11) is 0. The second-order valence-electron chi connectivity index (χ2n) is 8.33. The second-order valence-corrected chi connectivity index (χ2v) is 8.33. The molecule has 1 saturated heterocycles. The highest BCUT2D eigenvalue weighted by atomic mass is 16.3. The monoisotopic (exact) mass is 360 g/mol. The molecule has 3 heteroatoms. The Kier molecular flexibility index (Phi) is 4.30. The number of likely N-dealkylation sites (tertiary alicyclic amines) is 1. The molecule has 2 N–H and O–H groups in total. The van der Waals surface area contributed by atoms with Crippen molar-refractivity contribution in [3.63, 3.8) is 0 Å². The molecule has 27 heavy (non-hydrogen) atoms. The number of piperidine rings is 1. The van der Waals surface area contributed by atoms with Crippen molar-refractivity contribution in [2.45, 2.75) is 50.3 Å². The first kappa shape index (κ1) is 17.0. The maximum Gasteiger partial charge on any atom is 0.0951 e. The maximum absolute atomic E-state index is 11.7. The molecule has 0 radical (unpaired) electrons. The molecule has 2 aromatic carbocycles. The molecule has 3 aromatic rings. The fraction of sp³-hybridized carbons (Fsp3) is 0.417. The minimum absolute atomic E-state index is 0.327. The predicted octanol–water partition coefficient (Wildman–Crippen LogP) is 4.82. The van der Waals surface area contributed by atoms with Crippen LogP contribution in [0.2, 0.25) is 0 Å². The summed E-state index contributed by atoms with van der Waals surface area (Å²) in [5.41, 5.74) is 3.03. The molecule has 2 heterocycles. The SMILES string of the molecule is OC1(c2ccccc2)CCN(Cc2cccc3[nH]ccc23)C2CCCCC21. The number of aromatic nitrogens is 1. The first-order valence-electron chi connectivity index (χ1n) is 10.3. The second kappa shape index (κ2) is 6.81. The number of benzene rings is 2. The Morgan fingerprint density at radius 1 is 1.00 bits per heavy atom. The highest BCUT2D eigenvalue weighted by molar-refractivity contribution is 5.82. The summed E-state index contributed by atoms with van der Waals surface area (Å²) in [5, 5.41) is 13.1. The molecule has 1 aliphatic heterocycles. The van der Waals surface area contributed by atoms with Crippen molar-refractivity contribution in [1.82, 2.24) is 9.88 Å². The molecule has 5 rings (SSSR count). The standard InChI is InChI=1S/C24H28N2O/c27-24(19-8-2-1-3-9-19)14-16-26(23-12-5-4-10-21(23)24)17-18-7-6-11-22-20(18)13-15-25-22/h1-3,6-9,11,13,15,21,23,25,27H,4-5,10,12,14,16-17H2. The van der Waals surface area contributed by atoms with Crippen LogP contribution in [0, 0.1) is 5.92 Å². The van der Waals surface area contributed by atoms with Crippen LogP contribution in [0.1, 0.15) is 43.2 Å². The number of hydrogen-bond acceptors (Lipinski definition) is 2. The minimum Gasteiger partial charge on any atom is -0.385 e. The molecule has 3 unspecified atom stereocenters. The van der Waals surface area contributed by atoms with Gasteiger partial charge in [0.2, 0.25) is 0 Å². The van der Waals surface area contributed by atoms with Crippen LogP contribution in [0.25, 0.3) is 10.9 Å². The predicted molar refractivity (Wildman–Crippen MR) is 109 cm³/mol. The number of H-pyrrole nitrogens is 1. The molecule has 1 aromatic heterocycles. The van der Waals surface area contributed by atoms with Gasteiger partial charge in [0.15, 0.2) is 0 Å². The van der Waals surface area contributed by atoms with Gasteiger partial charge in [-0.3, -0.25) is 4.90 Å². The number of aliphatic hydroxyl groups is 1. The third-order valence-electron chi connectivity index (χ3n) is 6.92. The van der Waals surface area contributed by atoms with Gasteiger partial charge in [0, 0.05) is 42.1 Å². The van der Waals surface area contributed by atoms with E-state index in [0.29, 0.717) is 12.0 Å². The molecular formula is C24H28N2O. The van der Waals surface area contributed by atoms with Gasteiger partial charge in [0.25, 0.3) is 0 Å². The Labute approximate surface area is 161 Å². The summed E-state index contributed by atoms with van der Waals surface area (Å²) in [6, 6.07) is 19.6. The van der Waals surface area contributed by atoms with Gasteiger partial charge in [-0.1, -0.05) is 55.3 Å². The van der Waals surface area contributed by atoms with E-state index in [1.54, 1.807) is 0 Å². The molecule has 2 aliphatic rings. The van der Waals surface area contributed by atoms with Crippen LogP contribution in [-0.2, 0) is 12.1 Å². The largest absolute Gasteiger partial charge is 0.385 e. The van der Waals surface area contributed by atoms with Crippen molar-refractivity contribution in [3.8, 4) is 0 Å². The number of fused-ring (bicyclic) bond motifs is 2. The molecule has 0 amide bonds. The van der Waals surface area contributed by atoms with Crippen molar-refractivity contribution in [1.29, 1.82) is 0 Å². The molecule has 2 fully saturated rings. The summed E-state index contributed by atoms with van der Waals surface area (Å²) in [4.78, 5) is 5.97. The fourth-order valence-corrected chi connectivity index (χ4v) is 5.56. The molecule has 0 bridgehead atoms. The topological polar surface area (TPSA) is 39.3 Å². The fourth-order valence-electron chi connectivity index (χ4n) is 5.56. The first-order valence-corrected chi connectivity index (χ1v) is 10.3. The smallest absolute Gasteiger partial charge is 0.0951 e. The Morgan fingerprint density at radius 3 is 2.74 bits per heavy atom. The molecule has 1 aliphatic carbocycles. The summed E-state index contributed by atoms with van der Waals surface area (Å²) in [5.74, 6) is 0.327. The number of nitrogens with zero attached hydrogens (tertiary/aromatic N) is 1. The Morgan fingerprint density at radius 2 is 1.85 bits per heavy atom. The van der Waals surface area contributed by atoms with Gasteiger partial charge in [0.05, 0.1) is 5.60 Å². The van der Waals surface area contributed by atoms with E-state index >= 15 is 0 Å². The van der Waals surface area contributed by atoms with E-state index in [2.05, 4.69) is 58.4 Å². The zero-order chi connectivity index (χ0) is 18.3. The Hall–Kier alpha value is -2.10. The lowest BCUT2D eigenvalue weighted by Gasteiger charge is -2.52. The average molecular weight is 361 g/mol. The molecule has 3 atom stereocenters. The number of aromatic amines is 1. The van der Waals surface area contributed by atoms with Crippen molar-refractivity contribution < 1.29 is 5.11 Å². The van der Waals surface area contributed by atoms with E-state index in [1.165, 1.54) is 35.7 Å². The van der Waals surface area contributed by atoms with Crippen molar-refractivity contribution in [3.05, 3.63) is 71.9 Å². The third kappa shape index (κ3) is 2.90. The van der Waals surface area contributed by atoms with Gasteiger partial charge in [-0.15, -0.1) is 0 Å². The molecular weight excluding hydrogens is 332 g/mol. The van der Waals surface area contributed by atoms with Crippen LogP contribution >= 0.6 is 0 Å². The summed E-state index contributed by atoms with van der Waals surface area (Å²) < 4.78 is 0. The quantitative estimate of drug-likeness (QED) is 0.703. The van der Waals surface area contributed by atoms with Crippen molar-refractivity contribution in [2.75, 3.05) is 6.54 Å². The van der Waals surface area contributed by atoms with Crippen LogP contribution < -0.4 is 0 Å². The minimum atomic E-state index is -0.678. The van der Waals surface area contributed by atoms with Gasteiger partial charge in [-0.25, -0.2) is 0 Å². The number of nitrogens with one attached hydrogen (secondary N) is 1. The van der Waals surface area contributed by atoms with E-state index in [-0.39, 0.29) is 0 Å². The van der Waals surface area contributed by atoms with E-state index < -0.39 is 5.60 Å². The molecule has 1 saturated carbocycles. The van der Waals surface area contributed by atoms with E-state index in [9.17, 15) is 5.11 Å². The zero-order valence-electron chi connectivity index (χ0n) is 15.8. The first-order chi connectivity index (χ1) is 13.3. The molecule has 3 nitrogen and oxygen atoms in total. The highest BCUT2D eigenvalue weighted by Gasteiger charge is 2.48. The lowest BCUT2D eigenvalue weighted by atomic mass is 9.66. The summed E-state index contributed by atoms with van der Waals surface area (Å²) >= 11 is 0. The normalized spacial score (nSPS) is 28.9. The van der Waals surface area contributed by atoms with Gasteiger partial charge in [-0.2, -0.15) is 0 Å². The summed E-state index contributed by atoms with van der Waals surface area (Å²) in [6.07, 6.45) is 7.68. The molecule has 0 spiro atoms. The number of rotatable bonds is 3. The highest BCUT2D eigenvalue weighted by Crippen LogP contribution is 2.47. The van der Waals surface area contributed by atoms with Crippen LogP contribution in [0.4, 0.5) is 0 Å². The van der Waals surface area contributed by atoms with Crippen molar-refractivity contribution >= 4 is 10.9 Å². The van der Waals surface area contributed by atoms with Crippen LogP contribution in [0.5, 0.6) is 0 Å².